The van der Waals surface area contributed by atoms with E-state index in [1.807, 2.05) is 43.3 Å². The topological polar surface area (TPSA) is 38.8 Å². The number of hydrogen-bond donors (Lipinski definition) is 0. The Morgan fingerprint density at radius 2 is 1.68 bits per heavy atom. The van der Waals surface area contributed by atoms with Crippen LogP contribution < -0.4 is 9.47 Å². The number of rotatable bonds is 10. The first-order chi connectivity index (χ1) is 16.5. The van der Waals surface area contributed by atoms with Gasteiger partial charge in [-0.25, -0.2) is 4.39 Å². The average Bonchev–Trinajstić information content (AvgIpc) is 3.11. The maximum absolute atomic E-state index is 13.1. The number of hydrogen-bond acceptors (Lipinski definition) is 5. The molecule has 176 valence electrons. The lowest BCUT2D eigenvalue weighted by Gasteiger charge is -2.16. The number of carbonyl (C=O) groups is 1. The summed E-state index contributed by atoms with van der Waals surface area (Å²) in [6, 6.07) is 22.0. The second kappa shape index (κ2) is 11.5. The van der Waals surface area contributed by atoms with E-state index in [9.17, 15) is 9.18 Å². The Morgan fingerprint density at radius 3 is 2.41 bits per heavy atom. The zero-order valence-corrected chi connectivity index (χ0v) is 20.5. The maximum atomic E-state index is 13.1. The van der Waals surface area contributed by atoms with Crippen LogP contribution in [0.15, 0.2) is 72.8 Å². The van der Waals surface area contributed by atoms with Crippen LogP contribution in [0.2, 0.25) is 0 Å². The van der Waals surface area contributed by atoms with Crippen molar-refractivity contribution < 1.29 is 18.7 Å². The number of benzene rings is 3. The molecule has 0 saturated carbocycles. The Hall–Kier alpha value is -2.90. The number of thiocarbonyl (C=S) groups is 1. The van der Waals surface area contributed by atoms with Crippen molar-refractivity contribution in [1.29, 1.82) is 0 Å². The molecule has 3 aromatic carbocycles. The van der Waals surface area contributed by atoms with Gasteiger partial charge in [0.2, 0.25) is 5.91 Å². The fourth-order valence-electron chi connectivity index (χ4n) is 3.74. The SMILES string of the molecule is CCOc1cc(C[C@H]2SC(=S)N(CCc3ccccc3)C2=O)ccc1OCc1ccc(F)cc1. The third-order valence-electron chi connectivity index (χ3n) is 5.51. The summed E-state index contributed by atoms with van der Waals surface area (Å²) < 4.78 is 25.5. The van der Waals surface area contributed by atoms with Gasteiger partial charge in [-0.3, -0.25) is 9.69 Å². The van der Waals surface area contributed by atoms with E-state index in [0.717, 1.165) is 17.5 Å². The predicted octanol–water partition coefficient (Wildman–Crippen LogP) is 5.82. The third-order valence-corrected chi connectivity index (χ3v) is 7.09. The molecule has 3 aromatic rings. The number of thioether (sulfide) groups is 1. The predicted molar refractivity (Wildman–Crippen MR) is 138 cm³/mol. The molecule has 0 aromatic heterocycles. The lowest BCUT2D eigenvalue weighted by atomic mass is 10.1. The van der Waals surface area contributed by atoms with Crippen molar-refractivity contribution in [2.45, 2.75) is 31.6 Å². The van der Waals surface area contributed by atoms with Crippen LogP contribution in [0, 0.1) is 5.82 Å². The van der Waals surface area contributed by atoms with E-state index >= 15 is 0 Å². The summed E-state index contributed by atoms with van der Waals surface area (Å²) in [5.41, 5.74) is 3.03. The average molecular weight is 496 g/mol. The summed E-state index contributed by atoms with van der Waals surface area (Å²) in [4.78, 5) is 14.8. The van der Waals surface area contributed by atoms with Crippen molar-refractivity contribution in [3.63, 3.8) is 0 Å². The molecule has 1 amide bonds. The van der Waals surface area contributed by atoms with Gasteiger partial charge in [0.05, 0.1) is 11.9 Å². The van der Waals surface area contributed by atoms with E-state index in [1.165, 1.54) is 29.5 Å². The quantitative estimate of drug-likeness (QED) is 0.332. The molecule has 0 spiro atoms. The van der Waals surface area contributed by atoms with E-state index in [2.05, 4.69) is 12.1 Å². The summed E-state index contributed by atoms with van der Waals surface area (Å²) in [7, 11) is 0. The van der Waals surface area contributed by atoms with Crippen molar-refractivity contribution in [3.8, 4) is 11.5 Å². The molecule has 4 rings (SSSR count). The van der Waals surface area contributed by atoms with Crippen LogP contribution in [-0.2, 0) is 24.2 Å². The first-order valence-corrected chi connectivity index (χ1v) is 12.5. The van der Waals surface area contributed by atoms with Crippen LogP contribution >= 0.6 is 24.0 Å². The van der Waals surface area contributed by atoms with E-state index in [0.29, 0.717) is 42.0 Å². The van der Waals surface area contributed by atoms with E-state index in [1.54, 1.807) is 17.0 Å². The summed E-state index contributed by atoms with van der Waals surface area (Å²) in [6.07, 6.45) is 1.33. The van der Waals surface area contributed by atoms with Gasteiger partial charge in [0.15, 0.2) is 11.5 Å². The standard InChI is InChI=1S/C27H26FNO3S2/c1-2-31-24-16-21(10-13-23(24)32-18-20-8-11-22(28)12-9-20)17-25-26(30)29(27(33)34-25)15-14-19-6-4-3-5-7-19/h3-13,16,25H,2,14-15,17-18H2,1H3/t25-/m1/s1. The van der Waals surface area contributed by atoms with Gasteiger partial charge in [0.1, 0.15) is 16.7 Å². The van der Waals surface area contributed by atoms with Gasteiger partial charge >= 0.3 is 0 Å². The Balaban J connectivity index is 1.39. The molecule has 34 heavy (non-hydrogen) atoms. The van der Waals surface area contributed by atoms with E-state index < -0.39 is 0 Å². The summed E-state index contributed by atoms with van der Waals surface area (Å²) in [6.45, 7) is 3.30. The molecule has 0 bridgehead atoms. The molecule has 7 heteroatoms. The van der Waals surface area contributed by atoms with Gasteiger partial charge in [-0.2, -0.15) is 0 Å². The molecular formula is C27H26FNO3S2. The lowest BCUT2D eigenvalue weighted by molar-refractivity contribution is -0.126. The molecular weight excluding hydrogens is 469 g/mol. The van der Waals surface area contributed by atoms with Gasteiger partial charge in [0.25, 0.3) is 0 Å². The van der Waals surface area contributed by atoms with Crippen molar-refractivity contribution in [2.75, 3.05) is 13.2 Å². The highest BCUT2D eigenvalue weighted by molar-refractivity contribution is 8.24. The third kappa shape index (κ3) is 6.15. The van der Waals surface area contributed by atoms with Crippen LogP contribution in [0.5, 0.6) is 11.5 Å². The molecule has 0 radical (unpaired) electrons. The molecule has 0 N–H and O–H groups in total. The zero-order valence-electron chi connectivity index (χ0n) is 18.9. The molecule has 0 unspecified atom stereocenters. The molecule has 1 fully saturated rings. The van der Waals surface area contributed by atoms with Crippen molar-refractivity contribution in [3.05, 3.63) is 95.3 Å². The number of ether oxygens (including phenoxy) is 2. The molecule has 1 aliphatic rings. The molecule has 0 aliphatic carbocycles. The minimum Gasteiger partial charge on any atom is -0.490 e. The van der Waals surface area contributed by atoms with Gasteiger partial charge in [-0.1, -0.05) is 72.5 Å². The van der Waals surface area contributed by atoms with Crippen LogP contribution in [0.4, 0.5) is 4.39 Å². The van der Waals surface area contributed by atoms with Crippen molar-refractivity contribution in [1.82, 2.24) is 4.90 Å². The van der Waals surface area contributed by atoms with E-state index in [-0.39, 0.29) is 17.0 Å². The fraction of sp³-hybridized carbons (Fsp3) is 0.259. The first kappa shape index (κ1) is 24.2. The van der Waals surface area contributed by atoms with Gasteiger partial charge < -0.3 is 9.47 Å². The number of carbonyl (C=O) groups excluding carboxylic acids is 1. The number of nitrogens with zero attached hydrogens (tertiary/aromatic N) is 1. The number of amides is 1. The Bertz CT molecular complexity index is 1140. The maximum Gasteiger partial charge on any atom is 0.241 e. The molecule has 1 atom stereocenters. The minimum atomic E-state index is -0.277. The first-order valence-electron chi connectivity index (χ1n) is 11.2. The van der Waals surface area contributed by atoms with Gasteiger partial charge in [-0.15, -0.1) is 0 Å². The van der Waals surface area contributed by atoms with Crippen LogP contribution in [0.1, 0.15) is 23.6 Å². The van der Waals surface area contributed by atoms with Crippen molar-refractivity contribution >= 4 is 34.2 Å². The summed E-state index contributed by atoms with van der Waals surface area (Å²) in [5, 5.41) is -0.247. The van der Waals surface area contributed by atoms with Crippen LogP contribution in [-0.4, -0.2) is 33.5 Å². The Kier molecular flexibility index (Phi) is 8.19. The van der Waals surface area contributed by atoms with E-state index in [4.69, 9.17) is 21.7 Å². The van der Waals surface area contributed by atoms with Crippen LogP contribution in [0.25, 0.3) is 0 Å². The second-order valence-electron chi connectivity index (χ2n) is 7.93. The largest absolute Gasteiger partial charge is 0.490 e. The fourth-order valence-corrected chi connectivity index (χ4v) is 5.32. The zero-order chi connectivity index (χ0) is 23.9. The van der Waals surface area contributed by atoms with Gasteiger partial charge in [0, 0.05) is 6.54 Å². The Morgan fingerprint density at radius 1 is 0.941 bits per heavy atom. The van der Waals surface area contributed by atoms with Crippen LogP contribution in [0.3, 0.4) is 0 Å². The normalized spacial score (nSPS) is 15.6. The second-order valence-corrected chi connectivity index (χ2v) is 9.77. The molecule has 1 saturated heterocycles. The summed E-state index contributed by atoms with van der Waals surface area (Å²) in [5.74, 6) is 1.02. The minimum absolute atomic E-state index is 0.0560. The molecule has 1 aliphatic heterocycles. The molecule has 1 heterocycles. The smallest absolute Gasteiger partial charge is 0.241 e. The highest BCUT2D eigenvalue weighted by Crippen LogP contribution is 2.34. The highest BCUT2D eigenvalue weighted by Gasteiger charge is 2.36. The summed E-state index contributed by atoms with van der Waals surface area (Å²) >= 11 is 6.95. The highest BCUT2D eigenvalue weighted by atomic mass is 32.2. The van der Waals surface area contributed by atoms with Crippen molar-refractivity contribution in [2.24, 2.45) is 0 Å². The number of halogens is 1. The lowest BCUT2D eigenvalue weighted by Crippen LogP contribution is -2.33. The molecule has 4 nitrogen and oxygen atoms in total. The Labute approximate surface area is 209 Å². The van der Waals surface area contributed by atoms with Gasteiger partial charge in [-0.05, 0) is 60.7 Å². The monoisotopic (exact) mass is 495 g/mol.